The zero-order valence-corrected chi connectivity index (χ0v) is 12.7. The minimum Gasteiger partial charge on any atom is -0.334 e. The molecule has 3 N–H and O–H groups in total. The third-order valence-corrected chi connectivity index (χ3v) is 4.59. The number of hydrogen-bond acceptors (Lipinski definition) is 2. The molecule has 2 fully saturated rings. The van der Waals surface area contributed by atoms with E-state index in [1.54, 1.807) is 0 Å². The summed E-state index contributed by atoms with van der Waals surface area (Å²) in [4.78, 5) is 23.8. The summed E-state index contributed by atoms with van der Waals surface area (Å²) < 4.78 is 0. The van der Waals surface area contributed by atoms with E-state index in [2.05, 4.69) is 16.2 Å². The van der Waals surface area contributed by atoms with Gasteiger partial charge in [0.1, 0.15) is 0 Å². The normalized spacial score (nSPS) is 24.4. The maximum atomic E-state index is 12.0. The molecular weight excluding hydrogens is 278 g/mol. The molecule has 1 aromatic rings. The van der Waals surface area contributed by atoms with Gasteiger partial charge in [0.05, 0.1) is 0 Å². The summed E-state index contributed by atoms with van der Waals surface area (Å²) >= 11 is 0. The number of hydrazine groups is 1. The number of hydrogen-bond donors (Lipinski definition) is 3. The Balaban J connectivity index is 1.39. The molecule has 0 spiro atoms. The summed E-state index contributed by atoms with van der Waals surface area (Å²) in [5.74, 6) is 0.148. The van der Waals surface area contributed by atoms with Gasteiger partial charge in [-0.2, -0.15) is 0 Å². The van der Waals surface area contributed by atoms with Crippen LogP contribution in [0.3, 0.4) is 0 Å². The van der Waals surface area contributed by atoms with Gasteiger partial charge < -0.3 is 5.32 Å². The van der Waals surface area contributed by atoms with Gasteiger partial charge in [-0.1, -0.05) is 49.6 Å². The molecule has 5 nitrogen and oxygen atoms in total. The molecule has 2 aliphatic rings. The molecule has 0 unspecified atom stereocenters. The third-order valence-electron chi connectivity index (χ3n) is 4.59. The van der Waals surface area contributed by atoms with Gasteiger partial charge in [-0.25, -0.2) is 10.2 Å². The molecule has 5 heteroatoms. The topological polar surface area (TPSA) is 70.2 Å². The van der Waals surface area contributed by atoms with Crippen LogP contribution in [0.4, 0.5) is 4.79 Å². The zero-order chi connectivity index (χ0) is 15.4. The average molecular weight is 301 g/mol. The predicted molar refractivity (Wildman–Crippen MR) is 84.0 cm³/mol. The van der Waals surface area contributed by atoms with E-state index in [1.807, 2.05) is 30.3 Å². The number of nitrogens with one attached hydrogen (secondary N) is 3. The molecule has 2 aliphatic carbocycles. The van der Waals surface area contributed by atoms with Gasteiger partial charge in [-0.3, -0.25) is 10.2 Å². The standard InChI is InChI=1S/C17H23N3O2/c21-16(15-11-14(15)12-7-3-1-4-8-12)19-20-17(22)18-13-9-5-2-6-10-13/h1,3-4,7-8,13-15H,2,5-6,9-11H2,(H,19,21)(H2,18,20,22)/t14-,15+/m1/s1. The van der Waals surface area contributed by atoms with Crippen molar-refractivity contribution in [3.8, 4) is 0 Å². The van der Waals surface area contributed by atoms with Crippen molar-refractivity contribution in [1.82, 2.24) is 16.2 Å². The Kier molecular flexibility index (Phi) is 4.61. The predicted octanol–water partition coefficient (Wildman–Crippen LogP) is 2.45. The van der Waals surface area contributed by atoms with Crippen molar-refractivity contribution >= 4 is 11.9 Å². The van der Waals surface area contributed by atoms with Gasteiger partial charge >= 0.3 is 6.03 Å². The lowest BCUT2D eigenvalue weighted by Crippen LogP contribution is -2.50. The summed E-state index contributed by atoms with van der Waals surface area (Å²) in [5.41, 5.74) is 6.20. The molecule has 0 saturated heterocycles. The highest BCUT2D eigenvalue weighted by molar-refractivity contribution is 5.85. The number of carbonyl (C=O) groups excluding carboxylic acids is 2. The molecular formula is C17H23N3O2. The molecule has 118 valence electrons. The van der Waals surface area contributed by atoms with Gasteiger partial charge in [0.2, 0.25) is 5.91 Å². The van der Waals surface area contributed by atoms with Crippen LogP contribution in [0.2, 0.25) is 0 Å². The Bertz CT molecular complexity index is 526. The molecule has 0 bridgehead atoms. The van der Waals surface area contributed by atoms with Crippen molar-refractivity contribution in [2.75, 3.05) is 0 Å². The van der Waals surface area contributed by atoms with Crippen molar-refractivity contribution in [3.05, 3.63) is 35.9 Å². The van der Waals surface area contributed by atoms with E-state index >= 15 is 0 Å². The Morgan fingerprint density at radius 3 is 2.41 bits per heavy atom. The lowest BCUT2D eigenvalue weighted by atomic mass is 9.96. The highest BCUT2D eigenvalue weighted by Gasteiger charge is 2.43. The van der Waals surface area contributed by atoms with Crippen LogP contribution in [0.25, 0.3) is 0 Å². The van der Waals surface area contributed by atoms with Crippen LogP contribution < -0.4 is 16.2 Å². The lowest BCUT2D eigenvalue weighted by molar-refractivity contribution is -0.123. The molecule has 0 radical (unpaired) electrons. The highest BCUT2D eigenvalue weighted by atomic mass is 16.2. The van der Waals surface area contributed by atoms with Gasteiger partial charge in [-0.05, 0) is 30.7 Å². The summed E-state index contributed by atoms with van der Waals surface area (Å²) in [5, 5.41) is 2.91. The van der Waals surface area contributed by atoms with E-state index in [0.29, 0.717) is 0 Å². The smallest absolute Gasteiger partial charge is 0.333 e. The maximum absolute atomic E-state index is 12.0. The van der Waals surface area contributed by atoms with Crippen LogP contribution in [0.5, 0.6) is 0 Å². The van der Waals surface area contributed by atoms with Crippen molar-refractivity contribution in [2.24, 2.45) is 5.92 Å². The second-order valence-electron chi connectivity index (χ2n) is 6.28. The number of benzene rings is 1. The summed E-state index contributed by atoms with van der Waals surface area (Å²) in [7, 11) is 0. The number of rotatable bonds is 3. The summed E-state index contributed by atoms with van der Waals surface area (Å²) in [6.45, 7) is 0. The number of urea groups is 1. The minimum absolute atomic E-state index is 0.0302. The Morgan fingerprint density at radius 2 is 1.68 bits per heavy atom. The van der Waals surface area contributed by atoms with Crippen LogP contribution in [0, 0.1) is 5.92 Å². The number of amides is 3. The molecule has 0 heterocycles. The molecule has 2 atom stereocenters. The van der Waals surface area contributed by atoms with Crippen LogP contribution in [-0.2, 0) is 4.79 Å². The summed E-state index contributed by atoms with van der Waals surface area (Å²) in [6.07, 6.45) is 6.48. The second-order valence-corrected chi connectivity index (χ2v) is 6.28. The van der Waals surface area contributed by atoms with E-state index in [9.17, 15) is 9.59 Å². The molecule has 2 saturated carbocycles. The number of carbonyl (C=O) groups is 2. The van der Waals surface area contributed by atoms with E-state index in [1.165, 1.54) is 12.0 Å². The molecule has 0 aromatic heterocycles. The summed E-state index contributed by atoms with van der Waals surface area (Å²) in [6, 6.07) is 9.96. The fraction of sp³-hybridized carbons (Fsp3) is 0.529. The molecule has 22 heavy (non-hydrogen) atoms. The first-order chi connectivity index (χ1) is 10.7. The fourth-order valence-corrected chi connectivity index (χ4v) is 3.23. The third kappa shape index (κ3) is 3.78. The quantitative estimate of drug-likeness (QED) is 0.751. The Morgan fingerprint density at radius 1 is 0.955 bits per heavy atom. The first kappa shape index (κ1) is 14.9. The Hall–Kier alpha value is -2.04. The van der Waals surface area contributed by atoms with E-state index < -0.39 is 0 Å². The van der Waals surface area contributed by atoms with E-state index in [-0.39, 0.29) is 29.8 Å². The lowest BCUT2D eigenvalue weighted by Gasteiger charge is -2.22. The SMILES string of the molecule is O=C(NNC(=O)[C@H]1C[C@@H]1c1ccccc1)NC1CCCCC1. The maximum Gasteiger partial charge on any atom is 0.333 e. The molecule has 3 rings (SSSR count). The largest absolute Gasteiger partial charge is 0.334 e. The second kappa shape index (κ2) is 6.81. The highest BCUT2D eigenvalue weighted by Crippen LogP contribution is 2.47. The van der Waals surface area contributed by atoms with Crippen molar-refractivity contribution in [2.45, 2.75) is 50.5 Å². The van der Waals surface area contributed by atoms with Crippen molar-refractivity contribution in [3.63, 3.8) is 0 Å². The molecule has 1 aromatic carbocycles. The first-order valence-electron chi connectivity index (χ1n) is 8.15. The van der Waals surface area contributed by atoms with E-state index in [4.69, 9.17) is 0 Å². The van der Waals surface area contributed by atoms with Gasteiger partial charge in [0.25, 0.3) is 0 Å². The van der Waals surface area contributed by atoms with Crippen LogP contribution in [-0.4, -0.2) is 18.0 Å². The zero-order valence-electron chi connectivity index (χ0n) is 12.7. The van der Waals surface area contributed by atoms with Crippen molar-refractivity contribution in [1.29, 1.82) is 0 Å². The van der Waals surface area contributed by atoms with Gasteiger partial charge in [0.15, 0.2) is 0 Å². The average Bonchev–Trinajstić information content (AvgIpc) is 3.35. The van der Waals surface area contributed by atoms with Crippen LogP contribution in [0.1, 0.15) is 50.0 Å². The van der Waals surface area contributed by atoms with Gasteiger partial charge in [-0.15, -0.1) is 0 Å². The Labute approximate surface area is 130 Å². The monoisotopic (exact) mass is 301 g/mol. The van der Waals surface area contributed by atoms with Crippen molar-refractivity contribution < 1.29 is 9.59 Å². The molecule has 0 aliphatic heterocycles. The van der Waals surface area contributed by atoms with Gasteiger partial charge in [0, 0.05) is 12.0 Å². The first-order valence-corrected chi connectivity index (χ1v) is 8.15. The van der Waals surface area contributed by atoms with Crippen LogP contribution in [0.15, 0.2) is 30.3 Å². The van der Waals surface area contributed by atoms with E-state index in [0.717, 1.165) is 32.1 Å². The molecule has 3 amide bonds. The fourth-order valence-electron chi connectivity index (χ4n) is 3.23. The minimum atomic E-state index is -0.308. The van der Waals surface area contributed by atoms with Crippen LogP contribution >= 0.6 is 0 Å².